The number of aryl methyl sites for hydroxylation is 1. The van der Waals surface area contributed by atoms with E-state index in [0.717, 1.165) is 18.4 Å². The Morgan fingerprint density at radius 2 is 2.26 bits per heavy atom. The molecule has 3 rings (SSSR count). The Labute approximate surface area is 157 Å². The fraction of sp³-hybridized carbons (Fsp3) is 0.474. The van der Waals surface area contributed by atoms with E-state index in [4.69, 9.17) is 4.74 Å². The van der Waals surface area contributed by atoms with Crippen LogP contribution in [-0.2, 0) is 11.3 Å². The van der Waals surface area contributed by atoms with Gasteiger partial charge in [0.25, 0.3) is 5.91 Å². The lowest BCUT2D eigenvalue weighted by Crippen LogP contribution is -2.21. The van der Waals surface area contributed by atoms with Crippen LogP contribution in [0, 0.1) is 23.0 Å². The molecule has 1 aromatic heterocycles. The molecular weight excluding hydrogens is 348 g/mol. The summed E-state index contributed by atoms with van der Waals surface area (Å²) in [6.07, 6.45) is 4.91. The molecule has 27 heavy (non-hydrogen) atoms. The van der Waals surface area contributed by atoms with E-state index in [-0.39, 0.29) is 23.2 Å². The minimum Gasteiger partial charge on any atom is -0.374 e. The zero-order chi connectivity index (χ0) is 19.4. The van der Waals surface area contributed by atoms with Crippen molar-refractivity contribution in [2.75, 3.05) is 5.32 Å². The minimum absolute atomic E-state index is 0.227. The number of nitro groups is 1. The van der Waals surface area contributed by atoms with Crippen LogP contribution in [0.5, 0.6) is 0 Å². The van der Waals surface area contributed by atoms with E-state index in [0.29, 0.717) is 18.2 Å². The number of H-pyrrole nitrogens is 1. The fourth-order valence-electron chi connectivity index (χ4n) is 3.48. The molecule has 0 aliphatic heterocycles. The van der Waals surface area contributed by atoms with Crippen LogP contribution < -0.4 is 5.32 Å². The summed E-state index contributed by atoms with van der Waals surface area (Å²) in [5.74, 6) is 0.0766. The third kappa shape index (κ3) is 4.71. The zero-order valence-corrected chi connectivity index (χ0v) is 15.5. The van der Waals surface area contributed by atoms with E-state index in [2.05, 4.69) is 22.4 Å². The first kappa shape index (κ1) is 19.0. The van der Waals surface area contributed by atoms with Gasteiger partial charge < -0.3 is 10.1 Å². The molecule has 1 saturated carbocycles. The van der Waals surface area contributed by atoms with Gasteiger partial charge in [0.05, 0.1) is 17.6 Å². The summed E-state index contributed by atoms with van der Waals surface area (Å²) < 4.78 is 6.02. The molecule has 144 valence electrons. The Morgan fingerprint density at radius 1 is 1.44 bits per heavy atom. The van der Waals surface area contributed by atoms with Crippen molar-refractivity contribution >= 4 is 17.3 Å². The Morgan fingerprint density at radius 3 is 3.00 bits per heavy atom. The van der Waals surface area contributed by atoms with Crippen LogP contribution in [-0.4, -0.2) is 27.1 Å². The molecule has 0 bridgehead atoms. The monoisotopic (exact) mass is 372 g/mol. The lowest BCUT2D eigenvalue weighted by molar-refractivity contribution is -0.385. The maximum Gasteiger partial charge on any atom is 0.322 e. The molecule has 1 heterocycles. The third-order valence-corrected chi connectivity index (χ3v) is 4.87. The molecule has 2 atom stereocenters. The molecular formula is C19H24N4O4. The Balaban J connectivity index is 1.64. The SMILES string of the molecule is Cc1[nH]nc(C(=O)Nc2cccc(COC3CCCC(C)C3)c2)c1[N+](=O)[O-]. The average molecular weight is 372 g/mol. The number of carbonyl (C=O) groups excluding carboxylic acids is 1. The number of nitrogens with zero attached hydrogens (tertiary/aromatic N) is 2. The lowest BCUT2D eigenvalue weighted by Gasteiger charge is -2.26. The molecule has 1 fully saturated rings. The van der Waals surface area contributed by atoms with Gasteiger partial charge in [-0.25, -0.2) is 0 Å². The lowest BCUT2D eigenvalue weighted by atomic mass is 9.89. The molecule has 0 spiro atoms. The van der Waals surface area contributed by atoms with Crippen molar-refractivity contribution in [2.24, 2.45) is 5.92 Å². The van der Waals surface area contributed by atoms with Gasteiger partial charge in [0.15, 0.2) is 0 Å². The first-order valence-corrected chi connectivity index (χ1v) is 9.15. The highest BCUT2D eigenvalue weighted by atomic mass is 16.6. The predicted molar refractivity (Wildman–Crippen MR) is 101 cm³/mol. The third-order valence-electron chi connectivity index (χ3n) is 4.87. The number of aromatic nitrogens is 2. The van der Waals surface area contributed by atoms with Crippen molar-refractivity contribution in [2.45, 2.75) is 52.2 Å². The van der Waals surface area contributed by atoms with Crippen LogP contribution in [0.1, 0.15) is 54.4 Å². The second kappa shape index (κ2) is 8.30. The number of anilines is 1. The second-order valence-corrected chi connectivity index (χ2v) is 7.16. The molecule has 2 aromatic rings. The summed E-state index contributed by atoms with van der Waals surface area (Å²) in [5.41, 5.74) is 1.20. The zero-order valence-electron chi connectivity index (χ0n) is 15.5. The molecule has 8 nitrogen and oxygen atoms in total. The van der Waals surface area contributed by atoms with Crippen molar-refractivity contribution < 1.29 is 14.5 Å². The van der Waals surface area contributed by atoms with Crippen LogP contribution >= 0.6 is 0 Å². The van der Waals surface area contributed by atoms with Crippen molar-refractivity contribution in [1.82, 2.24) is 10.2 Å². The maximum atomic E-state index is 12.4. The van der Waals surface area contributed by atoms with Gasteiger partial charge in [0, 0.05) is 5.69 Å². The number of benzene rings is 1. The van der Waals surface area contributed by atoms with Crippen LogP contribution in [0.15, 0.2) is 24.3 Å². The summed E-state index contributed by atoms with van der Waals surface area (Å²) >= 11 is 0. The van der Waals surface area contributed by atoms with Crippen LogP contribution in [0.25, 0.3) is 0 Å². The van der Waals surface area contributed by atoms with Crippen molar-refractivity contribution in [3.8, 4) is 0 Å². The van der Waals surface area contributed by atoms with E-state index in [1.54, 1.807) is 6.07 Å². The predicted octanol–water partition coefficient (Wildman–Crippen LogP) is 3.97. The molecule has 1 amide bonds. The first-order chi connectivity index (χ1) is 12.9. The van der Waals surface area contributed by atoms with Gasteiger partial charge in [-0.2, -0.15) is 5.10 Å². The van der Waals surface area contributed by atoms with E-state index < -0.39 is 10.8 Å². The quantitative estimate of drug-likeness (QED) is 0.589. The van der Waals surface area contributed by atoms with Gasteiger partial charge in [-0.3, -0.25) is 20.0 Å². The molecule has 1 aromatic carbocycles. The van der Waals surface area contributed by atoms with Gasteiger partial charge >= 0.3 is 5.69 Å². The van der Waals surface area contributed by atoms with Gasteiger partial charge in [0.1, 0.15) is 5.69 Å². The summed E-state index contributed by atoms with van der Waals surface area (Å²) in [7, 11) is 0. The Hall–Kier alpha value is -2.74. The number of hydrogen-bond donors (Lipinski definition) is 2. The Kier molecular flexibility index (Phi) is 5.85. The highest BCUT2D eigenvalue weighted by molar-refractivity contribution is 6.05. The van der Waals surface area contributed by atoms with Crippen molar-refractivity contribution in [1.29, 1.82) is 0 Å². The van der Waals surface area contributed by atoms with E-state index in [1.165, 1.54) is 19.8 Å². The van der Waals surface area contributed by atoms with E-state index in [1.807, 2.05) is 18.2 Å². The summed E-state index contributed by atoms with van der Waals surface area (Å²) in [6.45, 7) is 4.23. The van der Waals surface area contributed by atoms with Gasteiger partial charge in [-0.15, -0.1) is 0 Å². The van der Waals surface area contributed by atoms with Crippen LogP contribution in [0.4, 0.5) is 11.4 Å². The van der Waals surface area contributed by atoms with Gasteiger partial charge in [-0.1, -0.05) is 31.9 Å². The highest BCUT2D eigenvalue weighted by Gasteiger charge is 2.27. The largest absolute Gasteiger partial charge is 0.374 e. The average Bonchev–Trinajstić information content (AvgIpc) is 3.02. The van der Waals surface area contributed by atoms with Crippen molar-refractivity contribution in [3.05, 3.63) is 51.3 Å². The van der Waals surface area contributed by atoms with Gasteiger partial charge in [-0.05, 0) is 43.4 Å². The Bertz CT molecular complexity index is 833. The standard InChI is InChI=1S/C19H24N4O4/c1-12-5-3-8-16(9-12)27-11-14-6-4-7-15(10-14)20-19(24)17-18(23(25)26)13(2)21-22-17/h4,6-7,10,12,16H,3,5,8-9,11H2,1-2H3,(H,20,24)(H,21,22). The number of hydrogen-bond acceptors (Lipinski definition) is 5. The van der Waals surface area contributed by atoms with Gasteiger partial charge in [0.2, 0.25) is 5.69 Å². The number of aromatic amines is 1. The van der Waals surface area contributed by atoms with E-state index in [9.17, 15) is 14.9 Å². The summed E-state index contributed by atoms with van der Waals surface area (Å²) in [4.78, 5) is 22.9. The molecule has 1 aliphatic carbocycles. The fourth-order valence-corrected chi connectivity index (χ4v) is 3.48. The first-order valence-electron chi connectivity index (χ1n) is 9.15. The van der Waals surface area contributed by atoms with Crippen molar-refractivity contribution in [3.63, 3.8) is 0 Å². The molecule has 8 heteroatoms. The second-order valence-electron chi connectivity index (χ2n) is 7.16. The molecule has 2 N–H and O–H groups in total. The smallest absolute Gasteiger partial charge is 0.322 e. The molecule has 2 unspecified atom stereocenters. The molecule has 0 radical (unpaired) electrons. The normalized spacial score (nSPS) is 19.6. The number of amides is 1. The molecule has 1 aliphatic rings. The molecule has 0 saturated heterocycles. The maximum absolute atomic E-state index is 12.4. The van der Waals surface area contributed by atoms with Crippen LogP contribution in [0.2, 0.25) is 0 Å². The number of nitrogens with one attached hydrogen (secondary N) is 2. The number of ether oxygens (including phenoxy) is 1. The van der Waals surface area contributed by atoms with E-state index >= 15 is 0 Å². The summed E-state index contributed by atoms with van der Waals surface area (Å²) in [6, 6.07) is 7.30. The topological polar surface area (TPSA) is 110 Å². The highest BCUT2D eigenvalue weighted by Crippen LogP contribution is 2.27. The van der Waals surface area contributed by atoms with Crippen LogP contribution in [0.3, 0.4) is 0 Å². The number of rotatable bonds is 6. The number of carbonyl (C=O) groups is 1. The summed E-state index contributed by atoms with van der Waals surface area (Å²) in [5, 5.41) is 20.0. The minimum atomic E-state index is -0.620.